The second kappa shape index (κ2) is 9.10. The molecule has 0 amide bonds. The molecule has 5 unspecified atom stereocenters. The zero-order chi connectivity index (χ0) is 16.3. The highest BCUT2D eigenvalue weighted by Crippen LogP contribution is 2.39. The first-order valence-corrected chi connectivity index (χ1v) is 11.3. The lowest BCUT2D eigenvalue weighted by molar-refractivity contribution is -0.115. The molecule has 1 N–H and O–H groups in total. The highest BCUT2D eigenvalue weighted by molar-refractivity contribution is 14.1. The summed E-state index contributed by atoms with van der Waals surface area (Å²) in [6.45, 7) is 0. The maximum absolute atomic E-state index is 11.3. The van der Waals surface area contributed by atoms with Crippen LogP contribution in [0.25, 0.3) is 0 Å². The van der Waals surface area contributed by atoms with E-state index >= 15 is 0 Å². The average molecular weight is 643 g/mol. The number of hydrogen-bond acceptors (Lipinski definition) is 4. The van der Waals surface area contributed by atoms with Crippen molar-refractivity contribution in [2.24, 2.45) is 5.92 Å². The number of ketones is 1. The predicted octanol–water partition coefficient (Wildman–Crippen LogP) is 3.59. The van der Waals surface area contributed by atoms with E-state index in [2.05, 4.69) is 67.8 Å². The van der Waals surface area contributed by atoms with Crippen LogP contribution in [0, 0.1) is 17.2 Å². The van der Waals surface area contributed by atoms with Gasteiger partial charge in [0.05, 0.1) is 18.3 Å². The number of aliphatic hydroxyl groups is 1. The largest absolute Gasteiger partial charge is 0.392 e. The van der Waals surface area contributed by atoms with Crippen molar-refractivity contribution in [2.45, 2.75) is 68.6 Å². The smallest absolute Gasteiger partial charge is 0.232 e. The van der Waals surface area contributed by atoms with Crippen LogP contribution >= 0.6 is 67.8 Å². The maximum atomic E-state index is 11.3. The summed E-state index contributed by atoms with van der Waals surface area (Å²) < 4.78 is 7.41. The van der Waals surface area contributed by atoms with Gasteiger partial charge in [0, 0.05) is 18.2 Å². The van der Waals surface area contributed by atoms with Crippen LogP contribution in [0.2, 0.25) is 0 Å². The SMILES string of the molecule is N#CC(=O)CC1CC(I)C(OC2CCC(O)C(I)C2)C(I)C1. The second-order valence-electron chi connectivity index (χ2n) is 6.23. The van der Waals surface area contributed by atoms with Gasteiger partial charge < -0.3 is 9.84 Å². The molecule has 2 aliphatic carbocycles. The third-order valence-electron chi connectivity index (χ3n) is 4.47. The van der Waals surface area contributed by atoms with Gasteiger partial charge in [-0.2, -0.15) is 5.26 Å². The Morgan fingerprint density at radius 3 is 2.32 bits per heavy atom. The molecule has 0 heterocycles. The molecule has 0 bridgehead atoms. The Balaban J connectivity index is 1.88. The summed E-state index contributed by atoms with van der Waals surface area (Å²) in [7, 11) is 0. The first kappa shape index (κ1) is 19.6. The second-order valence-corrected chi connectivity index (χ2v) is 11.0. The number of carbonyl (C=O) groups is 1. The molecule has 7 heteroatoms. The molecule has 0 aromatic rings. The van der Waals surface area contributed by atoms with E-state index in [9.17, 15) is 9.90 Å². The standard InChI is InChI=1S/C15H20I3NO3/c16-11-6-10(1-2-14(11)21)22-15-12(17)4-8(5-13(15)18)3-9(20)7-19/h8,10-15,21H,1-6H2. The van der Waals surface area contributed by atoms with Crippen molar-refractivity contribution in [3.8, 4) is 6.07 Å². The van der Waals surface area contributed by atoms with Crippen molar-refractivity contribution in [1.29, 1.82) is 5.26 Å². The number of nitrogens with zero attached hydrogens (tertiary/aromatic N) is 1. The van der Waals surface area contributed by atoms with E-state index in [4.69, 9.17) is 10.00 Å². The Morgan fingerprint density at radius 1 is 1.14 bits per heavy atom. The molecular weight excluding hydrogens is 623 g/mol. The van der Waals surface area contributed by atoms with Crippen molar-refractivity contribution < 1.29 is 14.6 Å². The van der Waals surface area contributed by atoms with Gasteiger partial charge >= 0.3 is 0 Å². The number of Topliss-reactive ketones (excluding diaryl/α,β-unsaturated/α-hetero) is 1. The number of alkyl halides is 3. The number of hydrogen-bond donors (Lipinski definition) is 1. The molecule has 22 heavy (non-hydrogen) atoms. The highest BCUT2D eigenvalue weighted by atomic mass is 127. The third kappa shape index (κ3) is 5.39. The Labute approximate surface area is 172 Å². The van der Waals surface area contributed by atoms with Crippen molar-refractivity contribution in [3.63, 3.8) is 0 Å². The monoisotopic (exact) mass is 643 g/mol. The number of aliphatic hydroxyl groups excluding tert-OH is 1. The topological polar surface area (TPSA) is 70.3 Å². The van der Waals surface area contributed by atoms with Crippen LogP contribution in [0.1, 0.15) is 38.5 Å². The van der Waals surface area contributed by atoms with Crippen molar-refractivity contribution in [2.75, 3.05) is 0 Å². The molecule has 0 spiro atoms. The summed E-state index contributed by atoms with van der Waals surface area (Å²) >= 11 is 7.20. The molecular formula is C15H20I3NO3. The minimum absolute atomic E-state index is 0.195. The van der Waals surface area contributed by atoms with E-state index in [0.717, 1.165) is 32.1 Å². The summed E-state index contributed by atoms with van der Waals surface area (Å²) in [6, 6.07) is 1.73. The van der Waals surface area contributed by atoms with Crippen LogP contribution in [0.3, 0.4) is 0 Å². The fourth-order valence-electron chi connectivity index (χ4n) is 3.28. The van der Waals surface area contributed by atoms with Crippen LogP contribution in [0.15, 0.2) is 0 Å². The quantitative estimate of drug-likeness (QED) is 0.289. The maximum Gasteiger partial charge on any atom is 0.232 e. The van der Waals surface area contributed by atoms with Crippen LogP contribution in [-0.4, -0.2) is 41.0 Å². The predicted molar refractivity (Wildman–Crippen MR) is 110 cm³/mol. The van der Waals surface area contributed by atoms with Gasteiger partial charge in [-0.1, -0.05) is 67.8 Å². The van der Waals surface area contributed by atoms with Crippen LogP contribution in [0.5, 0.6) is 0 Å². The summed E-state index contributed by atoms with van der Waals surface area (Å²) in [4.78, 5) is 11.3. The fourth-order valence-corrected chi connectivity index (χ4v) is 7.78. The van der Waals surface area contributed by atoms with Crippen LogP contribution in [0.4, 0.5) is 0 Å². The molecule has 2 fully saturated rings. The Kier molecular flexibility index (Phi) is 8.11. The van der Waals surface area contributed by atoms with Gasteiger partial charge in [-0.3, -0.25) is 4.79 Å². The van der Waals surface area contributed by atoms with Gasteiger partial charge in [0.1, 0.15) is 6.07 Å². The molecule has 0 aromatic carbocycles. The molecule has 124 valence electrons. The molecule has 4 nitrogen and oxygen atoms in total. The summed E-state index contributed by atoms with van der Waals surface area (Å²) in [6.07, 6.45) is 5.19. The Bertz CT molecular complexity index is 430. The summed E-state index contributed by atoms with van der Waals surface area (Å²) in [5.74, 6) is 0.00638. The molecule has 0 radical (unpaired) electrons. The van der Waals surface area contributed by atoms with Gasteiger partial charge in [-0.25, -0.2) is 0 Å². The third-order valence-corrected chi connectivity index (χ3v) is 8.24. The molecule has 0 aromatic heterocycles. The molecule has 2 saturated carbocycles. The molecule has 0 aliphatic heterocycles. The highest BCUT2D eigenvalue weighted by Gasteiger charge is 2.39. The normalized spacial score (nSPS) is 42.6. The Hall–Kier alpha value is 1.27. The molecule has 5 atom stereocenters. The fraction of sp³-hybridized carbons (Fsp3) is 0.867. The van der Waals surface area contributed by atoms with E-state index in [0.29, 0.717) is 20.2 Å². The van der Waals surface area contributed by atoms with Gasteiger partial charge in [-0.05, 0) is 38.0 Å². The molecule has 0 saturated heterocycles. The zero-order valence-electron chi connectivity index (χ0n) is 12.1. The number of nitriles is 1. The minimum atomic E-state index is -0.300. The van der Waals surface area contributed by atoms with Gasteiger partial charge in [0.15, 0.2) is 0 Å². The number of carbonyl (C=O) groups excluding carboxylic acids is 1. The van der Waals surface area contributed by atoms with Gasteiger partial charge in [0.25, 0.3) is 0 Å². The van der Waals surface area contributed by atoms with E-state index < -0.39 is 0 Å². The number of halogens is 3. The van der Waals surface area contributed by atoms with Crippen LogP contribution in [-0.2, 0) is 9.53 Å². The first-order chi connectivity index (χ1) is 10.4. The molecule has 2 aliphatic rings. The first-order valence-electron chi connectivity index (χ1n) is 7.59. The molecule has 2 rings (SSSR count). The average Bonchev–Trinajstić information content (AvgIpc) is 2.46. The van der Waals surface area contributed by atoms with Gasteiger partial charge in [0.2, 0.25) is 5.78 Å². The van der Waals surface area contributed by atoms with E-state index in [1.807, 2.05) is 0 Å². The summed E-state index contributed by atoms with van der Waals surface area (Å²) in [5, 5.41) is 18.5. The lowest BCUT2D eigenvalue weighted by Gasteiger charge is -2.40. The van der Waals surface area contributed by atoms with E-state index in [1.54, 1.807) is 6.07 Å². The lowest BCUT2D eigenvalue weighted by Crippen LogP contribution is -2.45. The lowest BCUT2D eigenvalue weighted by atomic mass is 9.84. The number of rotatable bonds is 4. The van der Waals surface area contributed by atoms with Crippen molar-refractivity contribution in [1.82, 2.24) is 0 Å². The van der Waals surface area contributed by atoms with E-state index in [-0.39, 0.29) is 28.0 Å². The zero-order valence-corrected chi connectivity index (χ0v) is 18.6. The number of ether oxygens (including phenoxy) is 1. The summed E-state index contributed by atoms with van der Waals surface area (Å²) in [5.41, 5.74) is 0. The van der Waals surface area contributed by atoms with Crippen LogP contribution < -0.4 is 0 Å². The van der Waals surface area contributed by atoms with Gasteiger partial charge in [-0.15, -0.1) is 0 Å². The minimum Gasteiger partial charge on any atom is -0.392 e. The van der Waals surface area contributed by atoms with Crippen molar-refractivity contribution in [3.05, 3.63) is 0 Å². The van der Waals surface area contributed by atoms with Crippen molar-refractivity contribution >= 4 is 73.6 Å². The Morgan fingerprint density at radius 2 is 1.77 bits per heavy atom. The van der Waals surface area contributed by atoms with E-state index in [1.165, 1.54) is 0 Å².